The summed E-state index contributed by atoms with van der Waals surface area (Å²) in [7, 11) is 0. The topological polar surface area (TPSA) is 31.2 Å². The number of ether oxygens (including phenoxy) is 1. The highest BCUT2D eigenvalue weighted by molar-refractivity contribution is 6.30. The first-order chi connectivity index (χ1) is 11.4. The lowest BCUT2D eigenvalue weighted by Crippen LogP contribution is -2.05. The Morgan fingerprint density at radius 2 is 2.00 bits per heavy atom. The second-order valence-corrected chi connectivity index (χ2v) is 6.28. The van der Waals surface area contributed by atoms with Crippen molar-refractivity contribution in [2.24, 2.45) is 0 Å². The summed E-state index contributed by atoms with van der Waals surface area (Å²) < 4.78 is 21.4. The molecule has 3 rings (SSSR count). The number of nitrogens with zero attached hydrogens (tertiary/aromatic N) is 1. The van der Waals surface area contributed by atoms with Gasteiger partial charge < -0.3 is 9.30 Å². The second kappa shape index (κ2) is 6.29. The molecule has 0 fully saturated rings. The van der Waals surface area contributed by atoms with Crippen molar-refractivity contribution >= 4 is 28.5 Å². The lowest BCUT2D eigenvalue weighted by molar-refractivity contribution is -0.131. The van der Waals surface area contributed by atoms with Crippen molar-refractivity contribution < 1.29 is 13.9 Å². The molecule has 0 bridgehead atoms. The predicted octanol–water partition coefficient (Wildman–Crippen LogP) is 5.02. The minimum absolute atomic E-state index is 0.290. The van der Waals surface area contributed by atoms with E-state index in [1.54, 1.807) is 19.1 Å². The number of hydrogen-bond donors (Lipinski definition) is 0. The van der Waals surface area contributed by atoms with Gasteiger partial charge in [0.15, 0.2) is 5.75 Å². The van der Waals surface area contributed by atoms with Crippen LogP contribution in [-0.2, 0) is 11.3 Å². The Balaban J connectivity index is 2.20. The molecule has 1 heterocycles. The van der Waals surface area contributed by atoms with E-state index in [1.165, 1.54) is 13.0 Å². The van der Waals surface area contributed by atoms with Crippen LogP contribution in [0.25, 0.3) is 10.9 Å². The second-order valence-electron chi connectivity index (χ2n) is 5.84. The van der Waals surface area contributed by atoms with Crippen LogP contribution >= 0.6 is 11.6 Å². The number of rotatable bonds is 3. The van der Waals surface area contributed by atoms with Crippen LogP contribution in [0.3, 0.4) is 0 Å². The van der Waals surface area contributed by atoms with Gasteiger partial charge in [0.2, 0.25) is 0 Å². The molecule has 124 valence electrons. The number of carbonyl (C=O) groups excluding carboxylic acids is 1. The van der Waals surface area contributed by atoms with Gasteiger partial charge in [0.05, 0.1) is 11.2 Å². The van der Waals surface area contributed by atoms with E-state index in [9.17, 15) is 9.18 Å². The van der Waals surface area contributed by atoms with Crippen molar-refractivity contribution in [3.63, 3.8) is 0 Å². The standard InChI is InChI=1S/C19H17ClFNO2/c1-11-7-16-18(9-17(11)21)22(12(2)19(16)24-13(3)23)10-14-5-4-6-15(20)8-14/h4-9H,10H2,1-3H3. The van der Waals surface area contributed by atoms with Crippen LogP contribution < -0.4 is 4.74 Å². The molecule has 0 N–H and O–H groups in total. The largest absolute Gasteiger partial charge is 0.424 e. The molecule has 3 nitrogen and oxygen atoms in total. The smallest absolute Gasteiger partial charge is 0.308 e. The number of aryl methyl sites for hydroxylation is 1. The summed E-state index contributed by atoms with van der Waals surface area (Å²) in [6, 6.07) is 10.7. The zero-order valence-corrected chi connectivity index (χ0v) is 14.4. The zero-order valence-electron chi connectivity index (χ0n) is 13.7. The average Bonchev–Trinajstić information content (AvgIpc) is 2.73. The Morgan fingerprint density at radius 1 is 1.25 bits per heavy atom. The zero-order chi connectivity index (χ0) is 17.4. The fraction of sp³-hybridized carbons (Fsp3) is 0.211. The van der Waals surface area contributed by atoms with E-state index in [0.717, 1.165) is 16.6 Å². The van der Waals surface area contributed by atoms with E-state index < -0.39 is 5.97 Å². The number of benzene rings is 2. The first-order valence-electron chi connectivity index (χ1n) is 7.58. The molecule has 0 saturated carbocycles. The Kier molecular flexibility index (Phi) is 4.33. The first kappa shape index (κ1) is 16.5. The van der Waals surface area contributed by atoms with Gasteiger partial charge in [-0.2, -0.15) is 0 Å². The molecule has 24 heavy (non-hydrogen) atoms. The summed E-state index contributed by atoms with van der Waals surface area (Å²) in [4.78, 5) is 11.5. The third-order valence-corrected chi connectivity index (χ3v) is 4.26. The van der Waals surface area contributed by atoms with Crippen molar-refractivity contribution in [2.75, 3.05) is 0 Å². The minimum Gasteiger partial charge on any atom is -0.424 e. The van der Waals surface area contributed by atoms with Crippen LogP contribution in [0.15, 0.2) is 36.4 Å². The maximum atomic E-state index is 14.1. The summed E-state index contributed by atoms with van der Waals surface area (Å²) in [5, 5.41) is 1.37. The normalized spacial score (nSPS) is 11.0. The van der Waals surface area contributed by atoms with E-state index in [-0.39, 0.29) is 5.82 Å². The molecule has 5 heteroatoms. The fourth-order valence-electron chi connectivity index (χ4n) is 2.87. The molecule has 0 saturated heterocycles. The summed E-state index contributed by atoms with van der Waals surface area (Å²) in [5.74, 6) is -0.216. The van der Waals surface area contributed by atoms with Gasteiger partial charge in [0, 0.05) is 23.9 Å². The lowest BCUT2D eigenvalue weighted by atomic mass is 10.1. The monoisotopic (exact) mass is 345 g/mol. The van der Waals surface area contributed by atoms with Gasteiger partial charge in [-0.1, -0.05) is 23.7 Å². The molecule has 0 aliphatic heterocycles. The Morgan fingerprint density at radius 3 is 2.67 bits per heavy atom. The number of halogens is 2. The molecule has 0 radical (unpaired) electrons. The molecule has 0 amide bonds. The molecule has 2 aromatic carbocycles. The number of esters is 1. The molecular formula is C19H17ClFNO2. The van der Waals surface area contributed by atoms with E-state index in [4.69, 9.17) is 16.3 Å². The fourth-order valence-corrected chi connectivity index (χ4v) is 3.08. The third-order valence-electron chi connectivity index (χ3n) is 4.02. The van der Waals surface area contributed by atoms with E-state index in [0.29, 0.717) is 28.4 Å². The first-order valence-corrected chi connectivity index (χ1v) is 7.96. The summed E-state index contributed by atoms with van der Waals surface area (Å²) in [6.45, 7) is 5.41. The third kappa shape index (κ3) is 3.02. The average molecular weight is 346 g/mol. The molecular weight excluding hydrogens is 329 g/mol. The molecule has 0 spiro atoms. The summed E-state index contributed by atoms with van der Waals surface area (Å²) in [6.07, 6.45) is 0. The lowest BCUT2D eigenvalue weighted by Gasteiger charge is -2.09. The molecule has 3 aromatic rings. The molecule has 0 unspecified atom stereocenters. The molecule has 0 aliphatic carbocycles. The van der Waals surface area contributed by atoms with Gasteiger partial charge in [-0.25, -0.2) is 4.39 Å². The highest BCUT2D eigenvalue weighted by Crippen LogP contribution is 2.35. The maximum absolute atomic E-state index is 14.1. The maximum Gasteiger partial charge on any atom is 0.308 e. The van der Waals surface area contributed by atoms with Crippen LogP contribution in [0.5, 0.6) is 5.75 Å². The minimum atomic E-state index is -0.401. The highest BCUT2D eigenvalue weighted by Gasteiger charge is 2.19. The number of hydrogen-bond acceptors (Lipinski definition) is 2. The Labute approximate surface area is 144 Å². The van der Waals surface area contributed by atoms with Gasteiger partial charge in [-0.3, -0.25) is 4.79 Å². The van der Waals surface area contributed by atoms with Crippen LogP contribution in [-0.4, -0.2) is 10.5 Å². The van der Waals surface area contributed by atoms with Crippen molar-refractivity contribution in [3.05, 3.63) is 64.1 Å². The predicted molar refractivity (Wildman–Crippen MR) is 93.2 cm³/mol. The van der Waals surface area contributed by atoms with Crippen LogP contribution in [0.1, 0.15) is 23.7 Å². The molecule has 0 atom stereocenters. The van der Waals surface area contributed by atoms with E-state index >= 15 is 0 Å². The number of carbonyl (C=O) groups is 1. The van der Waals surface area contributed by atoms with Gasteiger partial charge in [0.25, 0.3) is 0 Å². The van der Waals surface area contributed by atoms with Crippen molar-refractivity contribution in [3.8, 4) is 5.75 Å². The summed E-state index contributed by atoms with van der Waals surface area (Å²) in [5.41, 5.74) is 2.95. The van der Waals surface area contributed by atoms with E-state index in [1.807, 2.05) is 29.7 Å². The van der Waals surface area contributed by atoms with Gasteiger partial charge in [0.1, 0.15) is 5.82 Å². The van der Waals surface area contributed by atoms with Gasteiger partial charge >= 0.3 is 5.97 Å². The Bertz CT molecular complexity index is 946. The van der Waals surface area contributed by atoms with Crippen molar-refractivity contribution in [1.29, 1.82) is 0 Å². The van der Waals surface area contributed by atoms with Crippen LogP contribution in [0, 0.1) is 19.7 Å². The van der Waals surface area contributed by atoms with Crippen LogP contribution in [0.4, 0.5) is 4.39 Å². The van der Waals surface area contributed by atoms with Gasteiger partial charge in [-0.15, -0.1) is 0 Å². The quantitative estimate of drug-likeness (QED) is 0.624. The Hall–Kier alpha value is -2.33. The van der Waals surface area contributed by atoms with Crippen molar-refractivity contribution in [1.82, 2.24) is 4.57 Å². The highest BCUT2D eigenvalue weighted by atomic mass is 35.5. The molecule has 0 aliphatic rings. The van der Waals surface area contributed by atoms with E-state index in [2.05, 4.69) is 0 Å². The summed E-state index contributed by atoms with van der Waals surface area (Å²) >= 11 is 6.05. The SMILES string of the molecule is CC(=O)Oc1c(C)n(Cc2cccc(Cl)c2)c2cc(F)c(C)cc12. The van der Waals surface area contributed by atoms with Crippen molar-refractivity contribution in [2.45, 2.75) is 27.3 Å². The van der Waals surface area contributed by atoms with Crippen LogP contribution in [0.2, 0.25) is 5.02 Å². The number of aromatic nitrogens is 1. The number of fused-ring (bicyclic) bond motifs is 1. The van der Waals surface area contributed by atoms with Gasteiger partial charge in [-0.05, 0) is 49.2 Å². The molecule has 1 aromatic heterocycles.